The van der Waals surface area contributed by atoms with Crippen LogP contribution >= 0.6 is 12.4 Å². The molecule has 2 saturated heterocycles. The second-order valence-corrected chi connectivity index (χ2v) is 9.04. The molecule has 0 saturated carbocycles. The van der Waals surface area contributed by atoms with Crippen LogP contribution in [0, 0.1) is 11.8 Å². The fraction of sp³-hybridized carbons (Fsp3) is 0.611. The van der Waals surface area contributed by atoms with Crippen LogP contribution in [0.2, 0.25) is 0 Å². The van der Waals surface area contributed by atoms with Crippen molar-refractivity contribution in [2.75, 3.05) is 39.0 Å². The molecule has 0 spiro atoms. The quantitative estimate of drug-likeness (QED) is 0.703. The zero-order chi connectivity index (χ0) is 17.9. The van der Waals surface area contributed by atoms with E-state index in [1.54, 1.807) is 24.3 Å². The number of halogens is 1. The van der Waals surface area contributed by atoms with E-state index in [9.17, 15) is 13.2 Å². The number of benzene rings is 1. The molecule has 2 aliphatic heterocycles. The van der Waals surface area contributed by atoms with Gasteiger partial charge in [0.1, 0.15) is 5.75 Å². The summed E-state index contributed by atoms with van der Waals surface area (Å²) < 4.78 is 28.4. The number of rotatable bonds is 7. The first kappa shape index (κ1) is 21.0. The fourth-order valence-corrected chi connectivity index (χ4v) is 4.20. The van der Waals surface area contributed by atoms with E-state index in [4.69, 9.17) is 4.74 Å². The Kier molecular flexibility index (Phi) is 7.32. The second-order valence-electron chi connectivity index (χ2n) is 7.03. The maximum atomic E-state index is 12.2. The lowest BCUT2D eigenvalue weighted by Gasteiger charge is -2.17. The van der Waals surface area contributed by atoms with E-state index in [0.29, 0.717) is 30.6 Å². The van der Waals surface area contributed by atoms with Crippen LogP contribution in [0.3, 0.4) is 0 Å². The Labute approximate surface area is 161 Å². The maximum Gasteiger partial charge on any atom is 0.222 e. The second kappa shape index (κ2) is 9.06. The van der Waals surface area contributed by atoms with Crippen molar-refractivity contribution in [1.29, 1.82) is 0 Å². The topological polar surface area (TPSA) is 75.7 Å². The van der Waals surface area contributed by atoms with E-state index in [2.05, 4.69) is 5.32 Å². The van der Waals surface area contributed by atoms with Crippen LogP contribution in [0.1, 0.15) is 19.3 Å². The standard InChI is InChI=1S/C18H26N2O4S.ClH/c1-25(22,23)17-7-5-16(6-8-17)24-9-3-2-4-18(21)20-12-14-10-19-11-15(14)13-20;/h5-8,14-15,19H,2-4,9-13H2,1H3;1H/t14-,15+;. The van der Waals surface area contributed by atoms with E-state index in [1.165, 1.54) is 6.26 Å². The minimum absolute atomic E-state index is 0. The summed E-state index contributed by atoms with van der Waals surface area (Å²) in [5.41, 5.74) is 0. The van der Waals surface area contributed by atoms with E-state index < -0.39 is 9.84 Å². The summed E-state index contributed by atoms with van der Waals surface area (Å²) in [5.74, 6) is 2.19. The van der Waals surface area contributed by atoms with Gasteiger partial charge in [0.15, 0.2) is 9.84 Å². The van der Waals surface area contributed by atoms with Crippen molar-refractivity contribution in [3.05, 3.63) is 24.3 Å². The Balaban J connectivity index is 0.00000243. The molecule has 2 atom stereocenters. The van der Waals surface area contributed by atoms with Crippen LogP contribution in [0.5, 0.6) is 5.75 Å². The number of fused-ring (bicyclic) bond motifs is 1. The minimum Gasteiger partial charge on any atom is -0.494 e. The number of hydrogen-bond acceptors (Lipinski definition) is 5. The molecule has 146 valence electrons. The summed E-state index contributed by atoms with van der Waals surface area (Å²) in [7, 11) is -3.17. The summed E-state index contributed by atoms with van der Waals surface area (Å²) in [6.45, 7) is 4.42. The molecule has 6 nitrogen and oxygen atoms in total. The number of hydrogen-bond donors (Lipinski definition) is 1. The summed E-state index contributed by atoms with van der Waals surface area (Å²) in [5, 5.41) is 3.38. The number of nitrogens with zero attached hydrogens (tertiary/aromatic N) is 1. The van der Waals surface area contributed by atoms with Gasteiger partial charge in [-0.05, 0) is 48.9 Å². The Hall–Kier alpha value is -1.31. The van der Waals surface area contributed by atoms with Gasteiger partial charge in [0.05, 0.1) is 11.5 Å². The Morgan fingerprint density at radius 2 is 1.77 bits per heavy atom. The number of likely N-dealkylation sites (tertiary alicyclic amines) is 1. The molecule has 0 aliphatic carbocycles. The SMILES string of the molecule is CS(=O)(=O)c1ccc(OCCCCC(=O)N2C[C@H]3CNC[C@H]3C2)cc1.Cl. The first-order valence-corrected chi connectivity index (χ1v) is 10.7. The van der Waals surface area contributed by atoms with Gasteiger partial charge in [-0.1, -0.05) is 0 Å². The average Bonchev–Trinajstić information content (AvgIpc) is 3.15. The number of ether oxygens (including phenoxy) is 1. The molecule has 2 aliphatic rings. The van der Waals surface area contributed by atoms with Crippen LogP contribution in [0.25, 0.3) is 0 Å². The lowest BCUT2D eigenvalue weighted by Crippen LogP contribution is -2.31. The Morgan fingerprint density at radius 3 is 2.35 bits per heavy atom. The molecule has 0 aromatic heterocycles. The molecule has 2 fully saturated rings. The summed E-state index contributed by atoms with van der Waals surface area (Å²) >= 11 is 0. The van der Waals surface area contributed by atoms with E-state index >= 15 is 0 Å². The maximum absolute atomic E-state index is 12.2. The van der Waals surface area contributed by atoms with Crippen LogP contribution in [0.15, 0.2) is 29.2 Å². The first-order chi connectivity index (χ1) is 11.9. The van der Waals surface area contributed by atoms with Gasteiger partial charge in [-0.2, -0.15) is 0 Å². The summed E-state index contributed by atoms with van der Waals surface area (Å²) in [4.78, 5) is 14.6. The number of carbonyl (C=O) groups is 1. The van der Waals surface area contributed by atoms with Gasteiger partial charge in [0, 0.05) is 38.9 Å². The third-order valence-electron chi connectivity index (χ3n) is 5.05. The molecular formula is C18H27ClN2O4S. The highest BCUT2D eigenvalue weighted by atomic mass is 35.5. The minimum atomic E-state index is -3.17. The van der Waals surface area contributed by atoms with Crippen molar-refractivity contribution < 1.29 is 17.9 Å². The zero-order valence-electron chi connectivity index (χ0n) is 15.0. The van der Waals surface area contributed by atoms with E-state index in [0.717, 1.165) is 39.0 Å². The van der Waals surface area contributed by atoms with Crippen molar-refractivity contribution in [2.24, 2.45) is 11.8 Å². The van der Waals surface area contributed by atoms with Crippen molar-refractivity contribution in [1.82, 2.24) is 10.2 Å². The number of amides is 1. The van der Waals surface area contributed by atoms with Crippen molar-refractivity contribution in [2.45, 2.75) is 24.2 Å². The molecule has 26 heavy (non-hydrogen) atoms. The summed E-state index contributed by atoms with van der Waals surface area (Å²) in [6.07, 6.45) is 3.37. The van der Waals surface area contributed by atoms with Gasteiger partial charge in [-0.15, -0.1) is 12.4 Å². The first-order valence-electron chi connectivity index (χ1n) is 8.85. The zero-order valence-corrected chi connectivity index (χ0v) is 16.7. The molecule has 2 heterocycles. The van der Waals surface area contributed by atoms with E-state index in [-0.39, 0.29) is 23.2 Å². The van der Waals surface area contributed by atoms with Crippen LogP contribution < -0.4 is 10.1 Å². The molecule has 0 bridgehead atoms. The highest BCUT2D eigenvalue weighted by molar-refractivity contribution is 7.90. The number of carbonyl (C=O) groups excluding carboxylic acids is 1. The van der Waals surface area contributed by atoms with Gasteiger partial charge in [-0.25, -0.2) is 8.42 Å². The monoisotopic (exact) mass is 402 g/mol. The fourth-order valence-electron chi connectivity index (χ4n) is 3.57. The van der Waals surface area contributed by atoms with Crippen molar-refractivity contribution in [3.8, 4) is 5.75 Å². The summed E-state index contributed by atoms with van der Waals surface area (Å²) in [6, 6.07) is 6.43. The normalized spacial score (nSPS) is 22.0. The average molecular weight is 403 g/mol. The highest BCUT2D eigenvalue weighted by Gasteiger charge is 2.37. The lowest BCUT2D eigenvalue weighted by atomic mass is 10.0. The predicted molar refractivity (Wildman–Crippen MR) is 103 cm³/mol. The van der Waals surface area contributed by atoms with Gasteiger partial charge in [0.25, 0.3) is 0 Å². The van der Waals surface area contributed by atoms with Crippen molar-refractivity contribution >= 4 is 28.2 Å². The third-order valence-corrected chi connectivity index (χ3v) is 6.18. The number of sulfone groups is 1. The van der Waals surface area contributed by atoms with Gasteiger partial charge in [0.2, 0.25) is 5.91 Å². The molecule has 1 aromatic carbocycles. The third kappa shape index (κ3) is 5.34. The molecule has 8 heteroatoms. The van der Waals surface area contributed by atoms with Gasteiger partial charge >= 0.3 is 0 Å². The van der Waals surface area contributed by atoms with Gasteiger partial charge < -0.3 is 15.0 Å². The molecule has 1 amide bonds. The highest BCUT2D eigenvalue weighted by Crippen LogP contribution is 2.26. The van der Waals surface area contributed by atoms with Gasteiger partial charge in [-0.3, -0.25) is 4.79 Å². The number of unbranched alkanes of at least 4 members (excludes halogenated alkanes) is 1. The molecule has 1 N–H and O–H groups in total. The Bertz CT molecular complexity index is 696. The predicted octanol–water partition coefficient (Wildman–Crippen LogP) is 1.74. The number of nitrogens with one attached hydrogen (secondary N) is 1. The molecule has 3 rings (SSSR count). The van der Waals surface area contributed by atoms with Crippen LogP contribution in [-0.4, -0.2) is 58.3 Å². The lowest BCUT2D eigenvalue weighted by molar-refractivity contribution is -0.130. The smallest absolute Gasteiger partial charge is 0.222 e. The Morgan fingerprint density at radius 1 is 1.15 bits per heavy atom. The molecule has 0 unspecified atom stereocenters. The van der Waals surface area contributed by atoms with E-state index in [1.807, 2.05) is 4.90 Å². The molecule has 0 radical (unpaired) electrons. The molecule has 1 aromatic rings. The largest absolute Gasteiger partial charge is 0.494 e. The van der Waals surface area contributed by atoms with Crippen molar-refractivity contribution in [3.63, 3.8) is 0 Å². The molecular weight excluding hydrogens is 376 g/mol. The van der Waals surface area contributed by atoms with Crippen LogP contribution in [0.4, 0.5) is 0 Å². The van der Waals surface area contributed by atoms with Crippen LogP contribution in [-0.2, 0) is 14.6 Å².